The van der Waals surface area contributed by atoms with Crippen LogP contribution in [0, 0.1) is 0 Å². The molecule has 26 heavy (non-hydrogen) atoms. The zero-order chi connectivity index (χ0) is 18.1. The number of halogens is 3. The van der Waals surface area contributed by atoms with Gasteiger partial charge in [0.1, 0.15) is 0 Å². The first kappa shape index (κ1) is 15.3. The van der Waals surface area contributed by atoms with Gasteiger partial charge in [-0.3, -0.25) is 0 Å². The van der Waals surface area contributed by atoms with E-state index in [2.05, 4.69) is 30.9 Å². The molecule has 2 aromatic heterocycles. The third-order valence-electron chi connectivity index (χ3n) is 5.18. The Morgan fingerprint density at radius 3 is 2.62 bits per heavy atom. The molecule has 0 spiro atoms. The van der Waals surface area contributed by atoms with Crippen molar-refractivity contribution < 1.29 is 13.2 Å². The van der Waals surface area contributed by atoms with Crippen LogP contribution in [0.25, 0.3) is 39.7 Å². The molecule has 0 aliphatic heterocycles. The van der Waals surface area contributed by atoms with E-state index in [4.69, 9.17) is 0 Å². The highest BCUT2D eigenvalue weighted by atomic mass is 19.4. The Balaban J connectivity index is 1.93. The summed E-state index contributed by atoms with van der Waals surface area (Å²) in [4.78, 5) is 0. The molecule has 0 saturated carbocycles. The maximum Gasteiger partial charge on any atom is 0.416 e. The summed E-state index contributed by atoms with van der Waals surface area (Å²) in [5.74, 6) is 0. The molecule has 4 heteroatoms. The second kappa shape index (κ2) is 5.01. The van der Waals surface area contributed by atoms with E-state index in [0.29, 0.717) is 10.7 Å². The van der Waals surface area contributed by atoms with Crippen LogP contribution in [-0.4, -0.2) is 4.40 Å². The second-order valence-electron chi connectivity index (χ2n) is 6.67. The third kappa shape index (κ3) is 2.05. The van der Waals surface area contributed by atoms with Crippen LogP contribution in [0.15, 0.2) is 54.7 Å². The number of nitrogens with zero attached hydrogens (tertiary/aromatic N) is 1. The Morgan fingerprint density at radius 1 is 0.962 bits per heavy atom. The molecule has 0 fully saturated rings. The van der Waals surface area contributed by atoms with Crippen molar-refractivity contribution in [3.63, 3.8) is 0 Å². The zero-order valence-electron chi connectivity index (χ0n) is 13.8. The van der Waals surface area contributed by atoms with Crippen LogP contribution in [0.1, 0.15) is 11.1 Å². The molecule has 0 amide bonds. The van der Waals surface area contributed by atoms with Gasteiger partial charge in [0.25, 0.3) is 0 Å². The highest BCUT2D eigenvalue weighted by molar-refractivity contribution is 6.02. The summed E-state index contributed by atoms with van der Waals surface area (Å²) in [6.07, 6.45) is 4.76. The molecule has 1 aliphatic rings. The van der Waals surface area contributed by atoms with E-state index in [0.717, 1.165) is 34.2 Å². The number of hydrogen-bond donors (Lipinski definition) is 0. The number of rotatable bonds is 0. The Morgan fingerprint density at radius 2 is 1.81 bits per heavy atom. The summed E-state index contributed by atoms with van der Waals surface area (Å²) < 4.78 is 41.1. The Bertz CT molecular complexity index is 1350. The molecule has 128 valence electrons. The number of allylic oxidation sites excluding steroid dienone is 2. The monoisotopic (exact) mass is 349 g/mol. The van der Waals surface area contributed by atoms with Gasteiger partial charge in [0, 0.05) is 27.7 Å². The second-order valence-corrected chi connectivity index (χ2v) is 6.67. The van der Waals surface area contributed by atoms with Crippen molar-refractivity contribution in [2.45, 2.75) is 12.6 Å². The van der Waals surface area contributed by atoms with Crippen molar-refractivity contribution in [3.05, 3.63) is 76.4 Å². The largest absolute Gasteiger partial charge is 0.416 e. The fourth-order valence-electron chi connectivity index (χ4n) is 3.86. The first-order chi connectivity index (χ1) is 12.4. The predicted molar refractivity (Wildman–Crippen MR) is 99.5 cm³/mol. The minimum absolute atomic E-state index is 0.535. The fourth-order valence-corrected chi connectivity index (χ4v) is 3.86. The number of benzene rings is 2. The van der Waals surface area contributed by atoms with Gasteiger partial charge in [-0.25, -0.2) is 0 Å². The standard InChI is InChI=1S/C22H14F3N/c1-13-19-11-16(22(23,24)25)8-9-18(19)21-10-15-7-6-14-4-2-3-5-17(14)20(15)12-26(13)21/h2-3,5-12H,1,4H2. The number of alkyl halides is 3. The summed E-state index contributed by atoms with van der Waals surface area (Å²) in [6, 6.07) is 10.1. The minimum atomic E-state index is -4.36. The lowest BCUT2D eigenvalue weighted by Gasteiger charge is -2.09. The molecule has 4 aromatic rings. The molecule has 2 heterocycles. The maximum absolute atomic E-state index is 13.1. The molecule has 0 bridgehead atoms. The van der Waals surface area contributed by atoms with Gasteiger partial charge in [0.05, 0.1) is 11.1 Å². The normalized spacial score (nSPS) is 14.1. The lowest BCUT2D eigenvalue weighted by Crippen LogP contribution is -2.14. The van der Waals surface area contributed by atoms with Gasteiger partial charge in [0.2, 0.25) is 0 Å². The molecule has 0 N–H and O–H groups in total. The van der Waals surface area contributed by atoms with E-state index in [9.17, 15) is 13.2 Å². The molecule has 1 nitrogen and oxygen atoms in total. The molecule has 0 unspecified atom stereocenters. The highest BCUT2D eigenvalue weighted by Crippen LogP contribution is 2.32. The summed E-state index contributed by atoms with van der Waals surface area (Å²) in [6.45, 7) is 4.05. The van der Waals surface area contributed by atoms with Gasteiger partial charge in [-0.05, 0) is 40.8 Å². The van der Waals surface area contributed by atoms with Crippen LogP contribution in [0.3, 0.4) is 0 Å². The average Bonchev–Trinajstić information content (AvgIpc) is 2.91. The Kier molecular flexibility index (Phi) is 2.94. The maximum atomic E-state index is 13.1. The van der Waals surface area contributed by atoms with E-state index >= 15 is 0 Å². The molecule has 0 atom stereocenters. The summed E-state index contributed by atoms with van der Waals surface area (Å²) in [5, 5.41) is 5.22. The zero-order valence-corrected chi connectivity index (χ0v) is 13.8. The van der Waals surface area contributed by atoms with E-state index in [1.807, 2.05) is 22.7 Å². The topological polar surface area (TPSA) is 4.41 Å². The van der Waals surface area contributed by atoms with Crippen molar-refractivity contribution in [2.24, 2.45) is 0 Å². The van der Waals surface area contributed by atoms with Crippen LogP contribution in [0.5, 0.6) is 0 Å². The molecule has 5 rings (SSSR count). The first-order valence-electron chi connectivity index (χ1n) is 8.36. The van der Waals surface area contributed by atoms with Crippen molar-refractivity contribution in [1.29, 1.82) is 0 Å². The molecule has 0 saturated heterocycles. The van der Waals surface area contributed by atoms with Gasteiger partial charge in [-0.15, -0.1) is 0 Å². The average molecular weight is 349 g/mol. The van der Waals surface area contributed by atoms with Crippen LogP contribution in [0.2, 0.25) is 0 Å². The lowest BCUT2D eigenvalue weighted by molar-refractivity contribution is -0.137. The first-order valence-corrected chi connectivity index (χ1v) is 8.36. The van der Waals surface area contributed by atoms with Crippen molar-refractivity contribution in [3.8, 4) is 0 Å². The number of aromatic nitrogens is 1. The van der Waals surface area contributed by atoms with E-state index < -0.39 is 11.7 Å². The van der Waals surface area contributed by atoms with Crippen LogP contribution >= 0.6 is 0 Å². The molecular formula is C22H14F3N. The Labute approximate surface area is 147 Å². The lowest BCUT2D eigenvalue weighted by atomic mass is 9.99. The van der Waals surface area contributed by atoms with Gasteiger partial charge >= 0.3 is 6.18 Å². The van der Waals surface area contributed by atoms with E-state index in [-0.39, 0.29) is 0 Å². The van der Waals surface area contributed by atoms with Gasteiger partial charge < -0.3 is 4.40 Å². The van der Waals surface area contributed by atoms with Crippen molar-refractivity contribution >= 4 is 39.7 Å². The molecule has 1 aliphatic carbocycles. The smallest absolute Gasteiger partial charge is 0.316 e. The van der Waals surface area contributed by atoms with E-state index in [1.165, 1.54) is 16.8 Å². The van der Waals surface area contributed by atoms with Crippen LogP contribution < -0.4 is 10.6 Å². The fraction of sp³-hybridized carbons (Fsp3) is 0.0909. The molecule has 2 aromatic carbocycles. The number of hydrogen-bond acceptors (Lipinski definition) is 0. The van der Waals surface area contributed by atoms with Crippen molar-refractivity contribution in [2.75, 3.05) is 0 Å². The predicted octanol–water partition coefficient (Wildman–Crippen LogP) is 4.57. The van der Waals surface area contributed by atoms with Crippen molar-refractivity contribution in [1.82, 2.24) is 4.40 Å². The quantitative estimate of drug-likeness (QED) is 0.438. The molecule has 0 radical (unpaired) electrons. The Hall–Kier alpha value is -3.01. The van der Waals surface area contributed by atoms with Gasteiger partial charge in [-0.1, -0.05) is 43.0 Å². The molecular weight excluding hydrogens is 335 g/mol. The SMILES string of the molecule is C=c1c2cc(C(F)(F)F)ccc2c2cc3ccc4c(c3cn12)=CC=CC4. The third-order valence-corrected chi connectivity index (χ3v) is 5.18. The number of fused-ring (bicyclic) bond motifs is 6. The summed E-state index contributed by atoms with van der Waals surface area (Å²) >= 11 is 0. The van der Waals surface area contributed by atoms with E-state index in [1.54, 1.807) is 6.07 Å². The number of pyridine rings is 1. The minimum Gasteiger partial charge on any atom is -0.316 e. The van der Waals surface area contributed by atoms with Gasteiger partial charge in [0.15, 0.2) is 0 Å². The van der Waals surface area contributed by atoms with Crippen LogP contribution in [0.4, 0.5) is 13.2 Å². The highest BCUT2D eigenvalue weighted by Gasteiger charge is 2.30. The summed E-state index contributed by atoms with van der Waals surface area (Å²) in [5.41, 5.74) is 1.48. The van der Waals surface area contributed by atoms with Gasteiger partial charge in [-0.2, -0.15) is 13.2 Å². The summed E-state index contributed by atoms with van der Waals surface area (Å²) in [7, 11) is 0. The van der Waals surface area contributed by atoms with Crippen LogP contribution in [-0.2, 0) is 12.6 Å².